The van der Waals surface area contributed by atoms with Crippen LogP contribution in [0.5, 0.6) is 0 Å². The van der Waals surface area contributed by atoms with Crippen LogP contribution in [0, 0.1) is 0 Å². The number of benzene rings is 2. The van der Waals surface area contributed by atoms with Crippen LogP contribution in [0.25, 0.3) is 0 Å². The third kappa shape index (κ3) is 2.26. The average Bonchev–Trinajstić information content (AvgIpc) is 3.17. The summed E-state index contributed by atoms with van der Waals surface area (Å²) in [5.74, 6) is 0. The van der Waals surface area contributed by atoms with Crippen molar-refractivity contribution in [3.8, 4) is 0 Å². The zero-order valence-corrected chi connectivity index (χ0v) is 10.8. The maximum Gasteiger partial charge on any atom is 0.0435 e. The Morgan fingerprint density at radius 1 is 0.889 bits per heavy atom. The van der Waals surface area contributed by atoms with Crippen molar-refractivity contribution < 1.29 is 0 Å². The number of hydrogen-bond acceptors (Lipinski definition) is 1. The summed E-state index contributed by atoms with van der Waals surface area (Å²) < 4.78 is 0. The highest BCUT2D eigenvalue weighted by molar-refractivity contribution is 5.51. The van der Waals surface area contributed by atoms with Crippen LogP contribution in [-0.4, -0.2) is 5.54 Å². The lowest BCUT2D eigenvalue weighted by molar-refractivity contribution is 0.630. The van der Waals surface area contributed by atoms with Gasteiger partial charge in [0.25, 0.3) is 0 Å². The van der Waals surface area contributed by atoms with Gasteiger partial charge in [0.2, 0.25) is 0 Å². The van der Waals surface area contributed by atoms with E-state index in [2.05, 4.69) is 72.5 Å². The Bertz CT molecular complexity index is 500. The van der Waals surface area contributed by atoms with Crippen LogP contribution in [0.3, 0.4) is 0 Å². The first-order valence-corrected chi connectivity index (χ1v) is 6.65. The predicted octanol–water partition coefficient (Wildman–Crippen LogP) is 4.25. The van der Waals surface area contributed by atoms with Gasteiger partial charge in [0.15, 0.2) is 0 Å². The fourth-order valence-corrected chi connectivity index (χ4v) is 2.42. The van der Waals surface area contributed by atoms with E-state index in [1.165, 1.54) is 24.1 Å². The molecule has 0 atom stereocenters. The van der Waals surface area contributed by atoms with Crippen molar-refractivity contribution in [2.24, 2.45) is 0 Å². The third-order valence-electron chi connectivity index (χ3n) is 3.88. The summed E-state index contributed by atoms with van der Waals surface area (Å²) in [7, 11) is 0. The standard InChI is InChI=1S/C17H19N/c1-17(12-13-17)18(16-10-6-3-7-11-16)14-15-8-4-2-5-9-15/h2-11H,12-14H2,1H3. The Morgan fingerprint density at radius 2 is 1.44 bits per heavy atom. The van der Waals surface area contributed by atoms with E-state index in [1.807, 2.05) is 0 Å². The molecule has 0 amide bonds. The molecule has 0 saturated heterocycles. The largest absolute Gasteiger partial charge is 0.362 e. The van der Waals surface area contributed by atoms with E-state index in [1.54, 1.807) is 0 Å². The molecule has 1 aliphatic carbocycles. The fraction of sp³-hybridized carbons (Fsp3) is 0.294. The monoisotopic (exact) mass is 237 g/mol. The molecule has 0 radical (unpaired) electrons. The fourth-order valence-electron chi connectivity index (χ4n) is 2.42. The Kier molecular flexibility index (Phi) is 2.83. The highest BCUT2D eigenvalue weighted by Crippen LogP contribution is 2.44. The molecule has 1 heteroatoms. The van der Waals surface area contributed by atoms with Gasteiger partial charge in [-0.25, -0.2) is 0 Å². The van der Waals surface area contributed by atoms with Crippen LogP contribution in [0.4, 0.5) is 5.69 Å². The van der Waals surface area contributed by atoms with E-state index < -0.39 is 0 Å². The number of nitrogens with zero attached hydrogens (tertiary/aromatic N) is 1. The van der Waals surface area contributed by atoms with Gasteiger partial charge in [-0.3, -0.25) is 0 Å². The summed E-state index contributed by atoms with van der Waals surface area (Å²) in [4.78, 5) is 2.54. The first kappa shape index (κ1) is 11.3. The first-order valence-electron chi connectivity index (χ1n) is 6.65. The van der Waals surface area contributed by atoms with Crippen LogP contribution in [0.2, 0.25) is 0 Å². The molecule has 1 aliphatic rings. The van der Waals surface area contributed by atoms with E-state index in [0.29, 0.717) is 5.54 Å². The molecule has 0 aliphatic heterocycles. The molecule has 1 saturated carbocycles. The molecule has 18 heavy (non-hydrogen) atoms. The van der Waals surface area contributed by atoms with Crippen LogP contribution in [0.1, 0.15) is 25.3 Å². The summed E-state index contributed by atoms with van der Waals surface area (Å²) in [5.41, 5.74) is 3.08. The molecule has 1 fully saturated rings. The van der Waals surface area contributed by atoms with Gasteiger partial charge in [0.1, 0.15) is 0 Å². The summed E-state index contributed by atoms with van der Waals surface area (Å²) in [6.07, 6.45) is 2.60. The molecule has 1 nitrogen and oxygen atoms in total. The van der Waals surface area contributed by atoms with Crippen molar-refractivity contribution >= 4 is 5.69 Å². The van der Waals surface area contributed by atoms with Gasteiger partial charge in [-0.15, -0.1) is 0 Å². The molecular weight excluding hydrogens is 218 g/mol. The van der Waals surface area contributed by atoms with Gasteiger partial charge >= 0.3 is 0 Å². The Labute approximate surface area is 109 Å². The second kappa shape index (κ2) is 4.49. The lowest BCUT2D eigenvalue weighted by Gasteiger charge is -2.31. The molecule has 0 spiro atoms. The van der Waals surface area contributed by atoms with Crippen molar-refractivity contribution in [1.29, 1.82) is 0 Å². The normalized spacial score (nSPS) is 16.3. The molecule has 0 unspecified atom stereocenters. The lowest BCUT2D eigenvalue weighted by atomic mass is 10.1. The van der Waals surface area contributed by atoms with Crippen molar-refractivity contribution in [1.82, 2.24) is 0 Å². The zero-order valence-electron chi connectivity index (χ0n) is 10.8. The number of rotatable bonds is 4. The number of para-hydroxylation sites is 1. The Morgan fingerprint density at radius 3 is 2.00 bits per heavy atom. The van der Waals surface area contributed by atoms with Crippen LogP contribution in [-0.2, 0) is 6.54 Å². The second-order valence-corrected chi connectivity index (χ2v) is 5.40. The minimum Gasteiger partial charge on any atom is -0.362 e. The predicted molar refractivity (Wildman–Crippen MR) is 76.7 cm³/mol. The first-order chi connectivity index (χ1) is 8.78. The maximum absolute atomic E-state index is 2.54. The van der Waals surface area contributed by atoms with E-state index in [9.17, 15) is 0 Å². The molecule has 0 N–H and O–H groups in total. The molecule has 92 valence electrons. The minimum atomic E-state index is 0.358. The van der Waals surface area contributed by atoms with Crippen molar-refractivity contribution in [3.63, 3.8) is 0 Å². The summed E-state index contributed by atoms with van der Waals surface area (Å²) in [5, 5.41) is 0. The summed E-state index contributed by atoms with van der Waals surface area (Å²) in [6, 6.07) is 21.5. The van der Waals surface area contributed by atoms with Crippen molar-refractivity contribution in [3.05, 3.63) is 66.2 Å². The number of hydrogen-bond donors (Lipinski definition) is 0. The molecule has 0 bridgehead atoms. The van der Waals surface area contributed by atoms with Gasteiger partial charge in [-0.05, 0) is 37.5 Å². The van der Waals surface area contributed by atoms with E-state index in [-0.39, 0.29) is 0 Å². The molecule has 0 heterocycles. The van der Waals surface area contributed by atoms with Gasteiger partial charge in [-0.1, -0.05) is 48.5 Å². The van der Waals surface area contributed by atoms with Gasteiger partial charge in [0.05, 0.1) is 0 Å². The molecule has 2 aromatic rings. The van der Waals surface area contributed by atoms with E-state index in [0.717, 1.165) is 6.54 Å². The van der Waals surface area contributed by atoms with Crippen molar-refractivity contribution in [2.75, 3.05) is 4.90 Å². The van der Waals surface area contributed by atoms with Gasteiger partial charge in [0, 0.05) is 17.8 Å². The van der Waals surface area contributed by atoms with Crippen molar-refractivity contribution in [2.45, 2.75) is 31.8 Å². The number of anilines is 1. The van der Waals surface area contributed by atoms with Gasteiger partial charge < -0.3 is 4.90 Å². The van der Waals surface area contributed by atoms with E-state index in [4.69, 9.17) is 0 Å². The Hall–Kier alpha value is -1.76. The van der Waals surface area contributed by atoms with Crippen LogP contribution in [0.15, 0.2) is 60.7 Å². The maximum atomic E-state index is 2.54. The average molecular weight is 237 g/mol. The molecular formula is C17H19N. The van der Waals surface area contributed by atoms with Gasteiger partial charge in [-0.2, -0.15) is 0 Å². The van der Waals surface area contributed by atoms with Crippen LogP contribution >= 0.6 is 0 Å². The SMILES string of the molecule is CC1(N(Cc2ccccc2)c2ccccc2)CC1. The topological polar surface area (TPSA) is 3.24 Å². The minimum absolute atomic E-state index is 0.358. The Balaban J connectivity index is 1.88. The van der Waals surface area contributed by atoms with E-state index >= 15 is 0 Å². The smallest absolute Gasteiger partial charge is 0.0435 e. The quantitative estimate of drug-likeness (QED) is 0.768. The molecule has 3 rings (SSSR count). The highest BCUT2D eigenvalue weighted by atomic mass is 15.2. The van der Waals surface area contributed by atoms with Crippen LogP contribution < -0.4 is 4.90 Å². The zero-order chi connectivity index (χ0) is 12.4. The third-order valence-corrected chi connectivity index (χ3v) is 3.88. The second-order valence-electron chi connectivity index (χ2n) is 5.40. The highest BCUT2D eigenvalue weighted by Gasteiger charge is 2.43. The molecule has 0 aromatic heterocycles. The lowest BCUT2D eigenvalue weighted by Crippen LogP contribution is -2.34. The summed E-state index contributed by atoms with van der Waals surface area (Å²) >= 11 is 0. The molecule has 2 aromatic carbocycles. The summed E-state index contributed by atoms with van der Waals surface area (Å²) in [6.45, 7) is 3.37.